The van der Waals surface area contributed by atoms with E-state index in [1.54, 1.807) is 28.8 Å². The highest BCUT2D eigenvalue weighted by molar-refractivity contribution is 5.91. The number of benzene rings is 1. The van der Waals surface area contributed by atoms with E-state index in [2.05, 4.69) is 39.6 Å². The molecule has 1 N–H and O–H groups in total. The van der Waals surface area contributed by atoms with Crippen molar-refractivity contribution in [3.05, 3.63) is 59.7 Å². The number of nitrogens with one attached hydrogen (secondary N) is 1. The average molecular weight is 324 g/mol. The van der Waals surface area contributed by atoms with E-state index in [-0.39, 0.29) is 5.91 Å². The highest BCUT2D eigenvalue weighted by Crippen LogP contribution is 2.12. The molecule has 2 heterocycles. The summed E-state index contributed by atoms with van der Waals surface area (Å²) in [6, 6.07) is 9.55. The molecule has 0 aliphatic carbocycles. The SMILES string of the molecule is Cc1ccccc1Cn1cnc(NC(=O)C(C)n2nccc2C)n1. The number of carbonyl (C=O) groups is 1. The number of carbonyl (C=O) groups excluding carboxylic acids is 1. The fraction of sp³-hybridized carbons (Fsp3) is 0.294. The number of hydrogen-bond donors (Lipinski definition) is 1. The fourth-order valence-corrected chi connectivity index (χ4v) is 2.50. The number of anilines is 1. The van der Waals surface area contributed by atoms with E-state index < -0.39 is 6.04 Å². The van der Waals surface area contributed by atoms with E-state index >= 15 is 0 Å². The molecule has 0 bridgehead atoms. The molecule has 1 atom stereocenters. The normalized spacial score (nSPS) is 12.1. The molecule has 1 unspecified atom stereocenters. The molecule has 2 aromatic heterocycles. The van der Waals surface area contributed by atoms with Crippen molar-refractivity contribution in [2.75, 3.05) is 5.32 Å². The first-order valence-corrected chi connectivity index (χ1v) is 7.79. The molecule has 0 spiro atoms. The smallest absolute Gasteiger partial charge is 0.251 e. The minimum atomic E-state index is -0.427. The van der Waals surface area contributed by atoms with Crippen LogP contribution in [0.3, 0.4) is 0 Å². The first-order chi connectivity index (χ1) is 11.5. The molecule has 24 heavy (non-hydrogen) atoms. The monoisotopic (exact) mass is 324 g/mol. The Balaban J connectivity index is 1.67. The van der Waals surface area contributed by atoms with Crippen LogP contribution in [0.5, 0.6) is 0 Å². The molecule has 1 aromatic carbocycles. The van der Waals surface area contributed by atoms with Crippen molar-refractivity contribution in [1.29, 1.82) is 0 Å². The zero-order valence-corrected chi connectivity index (χ0v) is 14.0. The van der Waals surface area contributed by atoms with Gasteiger partial charge in [0.1, 0.15) is 12.4 Å². The van der Waals surface area contributed by atoms with Gasteiger partial charge < -0.3 is 0 Å². The Morgan fingerprint density at radius 3 is 2.75 bits per heavy atom. The van der Waals surface area contributed by atoms with Crippen LogP contribution in [-0.4, -0.2) is 30.5 Å². The average Bonchev–Trinajstić information content (AvgIpc) is 3.18. The topological polar surface area (TPSA) is 77.6 Å². The number of rotatable bonds is 5. The van der Waals surface area contributed by atoms with E-state index in [1.807, 2.05) is 25.1 Å². The number of amides is 1. The Bertz CT molecular complexity index is 850. The Morgan fingerprint density at radius 2 is 2.04 bits per heavy atom. The Morgan fingerprint density at radius 1 is 1.25 bits per heavy atom. The van der Waals surface area contributed by atoms with Gasteiger partial charge in [0.2, 0.25) is 5.95 Å². The Kier molecular flexibility index (Phi) is 4.41. The van der Waals surface area contributed by atoms with Crippen LogP contribution in [0, 0.1) is 13.8 Å². The molecule has 0 saturated carbocycles. The molecule has 1 amide bonds. The molecule has 3 aromatic rings. The van der Waals surface area contributed by atoms with Gasteiger partial charge in [-0.15, -0.1) is 5.10 Å². The summed E-state index contributed by atoms with van der Waals surface area (Å²) in [4.78, 5) is 16.5. The molecule has 124 valence electrons. The maximum Gasteiger partial charge on any atom is 0.251 e. The van der Waals surface area contributed by atoms with Gasteiger partial charge in [-0.05, 0) is 38.0 Å². The van der Waals surface area contributed by atoms with Gasteiger partial charge in [-0.3, -0.25) is 14.8 Å². The lowest BCUT2D eigenvalue weighted by molar-refractivity contribution is -0.119. The van der Waals surface area contributed by atoms with Gasteiger partial charge in [0, 0.05) is 11.9 Å². The molecule has 0 saturated heterocycles. The first-order valence-electron chi connectivity index (χ1n) is 7.79. The first kappa shape index (κ1) is 15.9. The molecule has 7 heteroatoms. The largest absolute Gasteiger partial charge is 0.291 e. The Labute approximate surface area is 140 Å². The predicted octanol–water partition coefficient (Wildman–Crippen LogP) is 2.34. The summed E-state index contributed by atoms with van der Waals surface area (Å²) < 4.78 is 3.38. The summed E-state index contributed by atoms with van der Waals surface area (Å²) in [5, 5.41) is 11.2. The van der Waals surface area contributed by atoms with E-state index in [4.69, 9.17) is 0 Å². The van der Waals surface area contributed by atoms with Gasteiger partial charge >= 0.3 is 0 Å². The quantitative estimate of drug-likeness (QED) is 0.781. The summed E-state index contributed by atoms with van der Waals surface area (Å²) in [7, 11) is 0. The molecule has 0 aliphatic heterocycles. The predicted molar refractivity (Wildman–Crippen MR) is 90.6 cm³/mol. The number of nitrogens with zero attached hydrogens (tertiary/aromatic N) is 5. The van der Waals surface area contributed by atoms with Gasteiger partial charge in [-0.1, -0.05) is 24.3 Å². The minimum Gasteiger partial charge on any atom is -0.291 e. The van der Waals surface area contributed by atoms with Crippen molar-refractivity contribution in [3.63, 3.8) is 0 Å². The third kappa shape index (κ3) is 3.34. The summed E-state index contributed by atoms with van der Waals surface area (Å²) in [5.41, 5.74) is 3.29. The molecule has 0 radical (unpaired) electrons. The van der Waals surface area contributed by atoms with E-state index in [0.29, 0.717) is 12.5 Å². The highest BCUT2D eigenvalue weighted by Gasteiger charge is 2.18. The van der Waals surface area contributed by atoms with Gasteiger partial charge in [0.25, 0.3) is 5.91 Å². The summed E-state index contributed by atoms with van der Waals surface area (Å²) >= 11 is 0. The van der Waals surface area contributed by atoms with Crippen molar-refractivity contribution in [3.8, 4) is 0 Å². The molecule has 7 nitrogen and oxygen atoms in total. The lowest BCUT2D eigenvalue weighted by atomic mass is 10.1. The molecule has 3 rings (SSSR count). The van der Waals surface area contributed by atoms with Crippen LogP contribution in [0.15, 0.2) is 42.9 Å². The van der Waals surface area contributed by atoms with Crippen LogP contribution >= 0.6 is 0 Å². The van der Waals surface area contributed by atoms with E-state index in [9.17, 15) is 4.79 Å². The van der Waals surface area contributed by atoms with Crippen molar-refractivity contribution in [2.24, 2.45) is 0 Å². The van der Waals surface area contributed by atoms with Crippen molar-refractivity contribution in [1.82, 2.24) is 24.5 Å². The van der Waals surface area contributed by atoms with Crippen molar-refractivity contribution < 1.29 is 4.79 Å². The zero-order valence-electron chi connectivity index (χ0n) is 14.0. The van der Waals surface area contributed by atoms with Crippen LogP contribution in [0.1, 0.15) is 29.8 Å². The third-order valence-corrected chi connectivity index (χ3v) is 3.98. The third-order valence-electron chi connectivity index (χ3n) is 3.98. The van der Waals surface area contributed by atoms with Crippen LogP contribution in [-0.2, 0) is 11.3 Å². The molecular formula is C17H20N6O. The van der Waals surface area contributed by atoms with Gasteiger partial charge in [0.15, 0.2) is 0 Å². The zero-order chi connectivity index (χ0) is 17.1. The summed E-state index contributed by atoms with van der Waals surface area (Å²) in [6.45, 7) is 6.37. The number of aromatic nitrogens is 5. The maximum absolute atomic E-state index is 12.3. The molecular weight excluding hydrogens is 304 g/mol. The van der Waals surface area contributed by atoms with Crippen LogP contribution in [0.25, 0.3) is 0 Å². The number of hydrogen-bond acceptors (Lipinski definition) is 4. The van der Waals surface area contributed by atoms with E-state index in [1.165, 1.54) is 11.1 Å². The maximum atomic E-state index is 12.3. The second-order valence-electron chi connectivity index (χ2n) is 5.77. The second-order valence-corrected chi connectivity index (χ2v) is 5.77. The fourth-order valence-electron chi connectivity index (χ4n) is 2.50. The van der Waals surface area contributed by atoms with Crippen LogP contribution < -0.4 is 5.32 Å². The van der Waals surface area contributed by atoms with Gasteiger partial charge in [-0.2, -0.15) is 5.10 Å². The standard InChI is InChI=1S/C17H20N6O/c1-12-6-4-5-7-15(12)10-22-11-18-17(21-22)20-16(24)14(3)23-13(2)8-9-19-23/h4-9,11,14H,10H2,1-3H3,(H,20,21,24). The lowest BCUT2D eigenvalue weighted by Gasteiger charge is -2.12. The second kappa shape index (κ2) is 6.66. The molecule has 0 aliphatic rings. The summed E-state index contributed by atoms with van der Waals surface area (Å²) in [6.07, 6.45) is 3.29. The number of aryl methyl sites for hydroxylation is 2. The van der Waals surface area contributed by atoms with Gasteiger partial charge in [0.05, 0.1) is 6.54 Å². The Hall–Kier alpha value is -2.96. The highest BCUT2D eigenvalue weighted by atomic mass is 16.2. The minimum absolute atomic E-state index is 0.199. The lowest BCUT2D eigenvalue weighted by Crippen LogP contribution is -2.25. The van der Waals surface area contributed by atoms with Crippen molar-refractivity contribution >= 4 is 11.9 Å². The molecule has 0 fully saturated rings. The van der Waals surface area contributed by atoms with Gasteiger partial charge in [-0.25, -0.2) is 9.67 Å². The van der Waals surface area contributed by atoms with Crippen LogP contribution in [0.2, 0.25) is 0 Å². The van der Waals surface area contributed by atoms with Crippen LogP contribution in [0.4, 0.5) is 5.95 Å². The van der Waals surface area contributed by atoms with E-state index in [0.717, 1.165) is 5.69 Å². The summed E-state index contributed by atoms with van der Waals surface area (Å²) in [5.74, 6) is 0.0979. The van der Waals surface area contributed by atoms with Crippen molar-refractivity contribution in [2.45, 2.75) is 33.4 Å².